The lowest BCUT2D eigenvalue weighted by molar-refractivity contribution is 0.0950. The van der Waals surface area contributed by atoms with Crippen LogP contribution in [0.3, 0.4) is 0 Å². The molecule has 168 valence electrons. The first-order valence-electron chi connectivity index (χ1n) is 11.0. The van der Waals surface area contributed by atoms with Crippen molar-refractivity contribution in [2.24, 2.45) is 0 Å². The summed E-state index contributed by atoms with van der Waals surface area (Å²) >= 11 is 0. The molecule has 3 aromatic rings. The summed E-state index contributed by atoms with van der Waals surface area (Å²) in [4.78, 5) is 23.6. The molecule has 0 atom stereocenters. The van der Waals surface area contributed by atoms with E-state index in [1.807, 2.05) is 30.3 Å². The minimum absolute atomic E-state index is 0.209. The van der Waals surface area contributed by atoms with Crippen molar-refractivity contribution in [3.8, 4) is 17.0 Å². The molecule has 1 amide bonds. The maximum atomic E-state index is 13.4. The van der Waals surface area contributed by atoms with Crippen LogP contribution in [0.15, 0.2) is 48.5 Å². The van der Waals surface area contributed by atoms with Gasteiger partial charge in [-0.1, -0.05) is 12.1 Å². The number of benzene rings is 2. The van der Waals surface area contributed by atoms with E-state index in [0.717, 1.165) is 48.6 Å². The van der Waals surface area contributed by atoms with Crippen LogP contribution in [-0.4, -0.2) is 54.6 Å². The Morgan fingerprint density at radius 2 is 1.97 bits per heavy atom. The molecule has 7 heteroatoms. The summed E-state index contributed by atoms with van der Waals surface area (Å²) in [5, 5.41) is 2.96. The quantitative estimate of drug-likeness (QED) is 0.587. The predicted molar refractivity (Wildman–Crippen MR) is 122 cm³/mol. The number of hydrogen-bond donors (Lipinski definition) is 2. The normalized spacial score (nSPS) is 15.0. The van der Waals surface area contributed by atoms with Gasteiger partial charge in [-0.05, 0) is 81.4 Å². The van der Waals surface area contributed by atoms with E-state index >= 15 is 0 Å². The minimum Gasteiger partial charge on any atom is -0.497 e. The SMILES string of the molecule is COc1ccc(-c2nc(C3CCN(C)CC3)[nH]c2C(=O)NCCc2cccc(F)c2)cc1. The van der Waals surface area contributed by atoms with Crippen molar-refractivity contribution in [3.05, 3.63) is 71.4 Å². The number of amides is 1. The Labute approximate surface area is 187 Å². The number of rotatable bonds is 7. The first-order valence-corrected chi connectivity index (χ1v) is 11.0. The van der Waals surface area contributed by atoms with Crippen molar-refractivity contribution in [3.63, 3.8) is 0 Å². The third kappa shape index (κ3) is 5.16. The maximum Gasteiger partial charge on any atom is 0.270 e. The average molecular weight is 437 g/mol. The summed E-state index contributed by atoms with van der Waals surface area (Å²) in [6, 6.07) is 14.0. The zero-order valence-electron chi connectivity index (χ0n) is 18.5. The molecule has 0 unspecified atom stereocenters. The van der Waals surface area contributed by atoms with E-state index in [9.17, 15) is 9.18 Å². The van der Waals surface area contributed by atoms with E-state index in [1.54, 1.807) is 13.2 Å². The Morgan fingerprint density at radius 3 is 2.66 bits per heavy atom. The summed E-state index contributed by atoms with van der Waals surface area (Å²) in [5.74, 6) is 1.43. The van der Waals surface area contributed by atoms with E-state index < -0.39 is 0 Å². The van der Waals surface area contributed by atoms with Crippen LogP contribution in [-0.2, 0) is 6.42 Å². The van der Waals surface area contributed by atoms with E-state index in [-0.39, 0.29) is 11.7 Å². The fourth-order valence-corrected chi connectivity index (χ4v) is 4.09. The number of likely N-dealkylation sites (tertiary alicyclic amines) is 1. The molecule has 0 saturated carbocycles. The zero-order chi connectivity index (χ0) is 22.5. The summed E-state index contributed by atoms with van der Waals surface area (Å²) in [6.07, 6.45) is 2.57. The smallest absolute Gasteiger partial charge is 0.270 e. The number of methoxy groups -OCH3 is 1. The molecule has 4 rings (SSSR count). The van der Waals surface area contributed by atoms with Crippen LogP contribution in [0.25, 0.3) is 11.3 Å². The van der Waals surface area contributed by atoms with Gasteiger partial charge in [0.1, 0.15) is 28.8 Å². The highest BCUT2D eigenvalue weighted by molar-refractivity contribution is 5.98. The van der Waals surface area contributed by atoms with Crippen molar-refractivity contribution in [2.45, 2.75) is 25.2 Å². The molecule has 2 aromatic carbocycles. The van der Waals surface area contributed by atoms with Crippen LogP contribution in [0.5, 0.6) is 5.75 Å². The van der Waals surface area contributed by atoms with Crippen LogP contribution in [0.2, 0.25) is 0 Å². The van der Waals surface area contributed by atoms with Crippen molar-refractivity contribution in [1.82, 2.24) is 20.2 Å². The summed E-state index contributed by atoms with van der Waals surface area (Å²) < 4.78 is 18.7. The molecule has 1 fully saturated rings. The van der Waals surface area contributed by atoms with Gasteiger partial charge in [0.15, 0.2) is 0 Å². The highest BCUT2D eigenvalue weighted by Gasteiger charge is 2.25. The molecule has 0 aliphatic carbocycles. The number of nitrogens with zero attached hydrogens (tertiary/aromatic N) is 2. The van der Waals surface area contributed by atoms with Gasteiger partial charge < -0.3 is 19.9 Å². The number of aromatic amines is 1. The number of carbonyl (C=O) groups excluding carboxylic acids is 1. The number of hydrogen-bond acceptors (Lipinski definition) is 4. The molecule has 2 N–H and O–H groups in total. The number of H-pyrrole nitrogens is 1. The lowest BCUT2D eigenvalue weighted by Crippen LogP contribution is -2.29. The van der Waals surface area contributed by atoms with E-state index in [0.29, 0.717) is 30.3 Å². The molecule has 1 aliphatic rings. The fourth-order valence-electron chi connectivity index (χ4n) is 4.09. The van der Waals surface area contributed by atoms with Crippen molar-refractivity contribution in [1.29, 1.82) is 0 Å². The summed E-state index contributed by atoms with van der Waals surface area (Å²) in [7, 11) is 3.75. The van der Waals surface area contributed by atoms with Gasteiger partial charge >= 0.3 is 0 Å². The predicted octanol–water partition coefficient (Wildman–Crippen LogP) is 4.01. The second-order valence-corrected chi connectivity index (χ2v) is 8.29. The van der Waals surface area contributed by atoms with Gasteiger partial charge in [0, 0.05) is 18.0 Å². The number of carbonyl (C=O) groups is 1. The largest absolute Gasteiger partial charge is 0.497 e. The molecule has 1 saturated heterocycles. The molecule has 1 aliphatic heterocycles. The molecule has 6 nitrogen and oxygen atoms in total. The number of ether oxygens (including phenoxy) is 1. The Balaban J connectivity index is 1.54. The lowest BCUT2D eigenvalue weighted by atomic mass is 9.96. The Kier molecular flexibility index (Phi) is 6.85. The molecule has 2 heterocycles. The molecule has 1 aromatic heterocycles. The Hall–Kier alpha value is -3.19. The third-order valence-corrected chi connectivity index (χ3v) is 6.01. The number of piperidine rings is 1. The molecule has 0 bridgehead atoms. The topological polar surface area (TPSA) is 70.2 Å². The monoisotopic (exact) mass is 436 g/mol. The van der Waals surface area contributed by atoms with E-state index in [4.69, 9.17) is 9.72 Å². The third-order valence-electron chi connectivity index (χ3n) is 6.01. The van der Waals surface area contributed by atoms with Gasteiger partial charge in [0.25, 0.3) is 5.91 Å². The number of aromatic nitrogens is 2. The average Bonchev–Trinajstić information content (AvgIpc) is 3.25. The molecular weight excluding hydrogens is 407 g/mol. The number of imidazole rings is 1. The molecule has 32 heavy (non-hydrogen) atoms. The summed E-state index contributed by atoms with van der Waals surface area (Å²) in [6.45, 7) is 2.43. The van der Waals surface area contributed by atoms with Crippen molar-refractivity contribution < 1.29 is 13.9 Å². The first-order chi connectivity index (χ1) is 15.5. The van der Waals surface area contributed by atoms with Crippen LogP contribution in [0, 0.1) is 5.82 Å². The van der Waals surface area contributed by atoms with Crippen LogP contribution in [0.4, 0.5) is 4.39 Å². The highest BCUT2D eigenvalue weighted by atomic mass is 19.1. The molecular formula is C25H29FN4O2. The van der Waals surface area contributed by atoms with Crippen molar-refractivity contribution >= 4 is 5.91 Å². The van der Waals surface area contributed by atoms with Gasteiger partial charge in [0.05, 0.1) is 7.11 Å². The van der Waals surface area contributed by atoms with Crippen LogP contribution in [0.1, 0.15) is 40.6 Å². The maximum absolute atomic E-state index is 13.4. The van der Waals surface area contributed by atoms with Gasteiger partial charge in [-0.3, -0.25) is 4.79 Å². The number of nitrogens with one attached hydrogen (secondary N) is 2. The molecule has 0 spiro atoms. The Morgan fingerprint density at radius 1 is 1.22 bits per heavy atom. The zero-order valence-corrected chi connectivity index (χ0v) is 18.5. The van der Waals surface area contributed by atoms with Gasteiger partial charge in [-0.2, -0.15) is 0 Å². The first kappa shape index (κ1) is 22.0. The fraction of sp³-hybridized carbons (Fsp3) is 0.360. The molecule has 0 radical (unpaired) electrons. The van der Waals surface area contributed by atoms with Crippen LogP contribution >= 0.6 is 0 Å². The van der Waals surface area contributed by atoms with Gasteiger partial charge in [-0.25, -0.2) is 9.37 Å². The Bertz CT molecular complexity index is 1060. The highest BCUT2D eigenvalue weighted by Crippen LogP contribution is 2.30. The summed E-state index contributed by atoms with van der Waals surface area (Å²) in [5.41, 5.74) is 2.81. The van der Waals surface area contributed by atoms with E-state index in [1.165, 1.54) is 12.1 Å². The van der Waals surface area contributed by atoms with Gasteiger partial charge in [0.2, 0.25) is 0 Å². The minimum atomic E-state index is -0.271. The number of halogens is 1. The van der Waals surface area contributed by atoms with Crippen molar-refractivity contribution in [2.75, 3.05) is 33.8 Å². The second-order valence-electron chi connectivity index (χ2n) is 8.29. The standard InChI is InChI=1S/C25H29FN4O2/c1-30-14-11-19(12-15-30)24-28-22(18-6-8-21(32-2)9-7-18)23(29-24)25(31)27-13-10-17-4-3-5-20(26)16-17/h3-9,16,19H,10-15H2,1-2H3,(H,27,31)(H,28,29). The second kappa shape index (κ2) is 9.96. The van der Waals surface area contributed by atoms with Crippen LogP contribution < -0.4 is 10.1 Å². The van der Waals surface area contributed by atoms with Gasteiger partial charge in [-0.15, -0.1) is 0 Å². The lowest BCUT2D eigenvalue weighted by Gasteiger charge is -2.27. The van der Waals surface area contributed by atoms with E-state index in [2.05, 4.69) is 22.2 Å².